The second-order valence-electron chi connectivity index (χ2n) is 6.09. The molecule has 0 aliphatic carbocycles. The number of piperazine rings is 1. The van der Waals surface area contributed by atoms with Gasteiger partial charge in [-0.3, -0.25) is 19.8 Å². The molecule has 26 heavy (non-hydrogen) atoms. The highest BCUT2D eigenvalue weighted by Gasteiger charge is 2.19. The number of hydrogen-bond donors (Lipinski definition) is 1. The van der Waals surface area contributed by atoms with Gasteiger partial charge in [-0.25, -0.2) is 0 Å². The molecule has 2 aromatic rings. The highest BCUT2D eigenvalue weighted by Crippen LogP contribution is 2.20. The number of rotatable bonds is 5. The first-order valence-electron chi connectivity index (χ1n) is 8.28. The Kier molecular flexibility index (Phi) is 6.04. The van der Waals surface area contributed by atoms with E-state index in [4.69, 9.17) is 0 Å². The highest BCUT2D eigenvalue weighted by molar-refractivity contribution is 14.1. The lowest BCUT2D eigenvalue weighted by molar-refractivity contribution is -0.384. The maximum atomic E-state index is 12.2. The van der Waals surface area contributed by atoms with Gasteiger partial charge >= 0.3 is 0 Å². The van der Waals surface area contributed by atoms with E-state index >= 15 is 0 Å². The van der Waals surface area contributed by atoms with Gasteiger partial charge in [-0.15, -0.1) is 0 Å². The first kappa shape index (κ1) is 18.6. The summed E-state index contributed by atoms with van der Waals surface area (Å²) in [6.07, 6.45) is 0. The fourth-order valence-corrected chi connectivity index (χ4v) is 3.25. The summed E-state index contributed by atoms with van der Waals surface area (Å²) in [4.78, 5) is 26.8. The van der Waals surface area contributed by atoms with Crippen LogP contribution >= 0.6 is 22.6 Å². The average molecular weight is 466 g/mol. The summed E-state index contributed by atoms with van der Waals surface area (Å²) < 4.78 is 1.13. The first-order chi connectivity index (χ1) is 12.5. The second-order valence-corrected chi connectivity index (χ2v) is 7.34. The Morgan fingerprint density at radius 1 is 1.04 bits per heavy atom. The third-order valence-corrected chi connectivity index (χ3v) is 5.01. The van der Waals surface area contributed by atoms with Crippen molar-refractivity contribution in [3.05, 3.63) is 62.2 Å². The quantitative estimate of drug-likeness (QED) is 0.417. The molecule has 0 aromatic heterocycles. The van der Waals surface area contributed by atoms with Crippen molar-refractivity contribution in [2.75, 3.05) is 42.9 Å². The van der Waals surface area contributed by atoms with E-state index in [2.05, 4.69) is 37.7 Å². The molecule has 8 heteroatoms. The lowest BCUT2D eigenvalue weighted by atomic mass is 10.2. The molecule has 136 valence electrons. The molecule has 1 aliphatic rings. The third-order valence-electron chi connectivity index (χ3n) is 4.29. The van der Waals surface area contributed by atoms with Gasteiger partial charge in [0.1, 0.15) is 0 Å². The van der Waals surface area contributed by atoms with Crippen LogP contribution in [0.3, 0.4) is 0 Å². The minimum Gasteiger partial charge on any atom is -0.369 e. The molecule has 1 heterocycles. The van der Waals surface area contributed by atoms with Gasteiger partial charge in [0.25, 0.3) is 5.69 Å². The number of halogens is 1. The number of nitrogens with one attached hydrogen (secondary N) is 1. The monoisotopic (exact) mass is 466 g/mol. The smallest absolute Gasteiger partial charge is 0.269 e. The summed E-state index contributed by atoms with van der Waals surface area (Å²) >= 11 is 2.23. The van der Waals surface area contributed by atoms with Crippen LogP contribution in [0, 0.1) is 13.7 Å². The van der Waals surface area contributed by atoms with Gasteiger partial charge in [-0.2, -0.15) is 0 Å². The van der Waals surface area contributed by atoms with Gasteiger partial charge in [-0.1, -0.05) is 0 Å². The number of anilines is 2. The number of amides is 1. The minimum atomic E-state index is -0.395. The van der Waals surface area contributed by atoms with E-state index in [-0.39, 0.29) is 11.6 Å². The number of benzene rings is 2. The molecule has 3 rings (SSSR count). The first-order valence-corrected chi connectivity index (χ1v) is 9.36. The molecule has 1 N–H and O–H groups in total. The predicted molar refractivity (Wildman–Crippen MR) is 110 cm³/mol. The SMILES string of the molecule is O=C(CN1CCN(c2ccc([N+](=O)[O-])cc2)CC1)Nc1ccc(I)cc1. The molecule has 7 nitrogen and oxygen atoms in total. The topological polar surface area (TPSA) is 78.7 Å². The van der Waals surface area contributed by atoms with Crippen LogP contribution in [0.4, 0.5) is 17.1 Å². The Morgan fingerprint density at radius 3 is 2.23 bits per heavy atom. The van der Waals surface area contributed by atoms with E-state index in [9.17, 15) is 14.9 Å². The van der Waals surface area contributed by atoms with Crippen LogP contribution in [0.15, 0.2) is 48.5 Å². The van der Waals surface area contributed by atoms with E-state index in [0.717, 1.165) is 41.1 Å². The number of non-ortho nitro benzene ring substituents is 1. The molecule has 1 aliphatic heterocycles. The third kappa shape index (κ3) is 4.92. The molecule has 0 saturated carbocycles. The summed E-state index contributed by atoms with van der Waals surface area (Å²) in [5, 5.41) is 13.6. The van der Waals surface area contributed by atoms with Gasteiger partial charge in [-0.05, 0) is 59.0 Å². The second kappa shape index (κ2) is 8.45. The van der Waals surface area contributed by atoms with E-state index in [0.29, 0.717) is 6.54 Å². The molecular formula is C18H19IN4O3. The summed E-state index contributed by atoms with van der Waals surface area (Å²) in [5.74, 6) is -0.0185. The predicted octanol–water partition coefficient (Wildman–Crippen LogP) is 2.96. The van der Waals surface area contributed by atoms with Crippen molar-refractivity contribution in [1.29, 1.82) is 0 Å². The Labute approximate surface area is 165 Å². The van der Waals surface area contributed by atoms with Crippen LogP contribution in [0.5, 0.6) is 0 Å². The van der Waals surface area contributed by atoms with Crippen LogP contribution in [0.25, 0.3) is 0 Å². The van der Waals surface area contributed by atoms with Crippen molar-refractivity contribution >= 4 is 45.6 Å². The van der Waals surface area contributed by atoms with Crippen molar-refractivity contribution in [3.8, 4) is 0 Å². The number of carbonyl (C=O) groups is 1. The van der Waals surface area contributed by atoms with Crippen LogP contribution in [-0.2, 0) is 4.79 Å². The van der Waals surface area contributed by atoms with Crippen LogP contribution in [0.2, 0.25) is 0 Å². The maximum Gasteiger partial charge on any atom is 0.269 e. The van der Waals surface area contributed by atoms with Crippen molar-refractivity contribution in [3.63, 3.8) is 0 Å². The Morgan fingerprint density at radius 2 is 1.65 bits per heavy atom. The summed E-state index contributed by atoms with van der Waals surface area (Å²) in [5.41, 5.74) is 1.87. The zero-order valence-corrected chi connectivity index (χ0v) is 16.3. The Hall–Kier alpha value is -2.20. The summed E-state index contributed by atoms with van der Waals surface area (Å²) in [7, 11) is 0. The van der Waals surface area contributed by atoms with Crippen LogP contribution < -0.4 is 10.2 Å². The Balaban J connectivity index is 1.48. The van der Waals surface area contributed by atoms with Crippen molar-refractivity contribution in [2.24, 2.45) is 0 Å². The van der Waals surface area contributed by atoms with E-state index in [1.807, 2.05) is 24.3 Å². The molecular weight excluding hydrogens is 447 g/mol. The number of nitrogens with zero attached hydrogens (tertiary/aromatic N) is 3. The van der Waals surface area contributed by atoms with Crippen molar-refractivity contribution < 1.29 is 9.72 Å². The number of nitro benzene ring substituents is 1. The molecule has 0 radical (unpaired) electrons. The largest absolute Gasteiger partial charge is 0.369 e. The van der Waals surface area contributed by atoms with Gasteiger partial charge in [0.2, 0.25) is 5.91 Å². The van der Waals surface area contributed by atoms with Gasteiger partial charge < -0.3 is 10.2 Å². The zero-order chi connectivity index (χ0) is 18.5. The highest BCUT2D eigenvalue weighted by atomic mass is 127. The molecule has 0 atom stereocenters. The van der Waals surface area contributed by atoms with Crippen LogP contribution in [-0.4, -0.2) is 48.5 Å². The molecule has 0 spiro atoms. The molecule has 1 amide bonds. The van der Waals surface area contributed by atoms with Crippen molar-refractivity contribution in [2.45, 2.75) is 0 Å². The van der Waals surface area contributed by atoms with Gasteiger partial charge in [0, 0.05) is 53.3 Å². The van der Waals surface area contributed by atoms with E-state index in [1.165, 1.54) is 12.1 Å². The molecule has 1 fully saturated rings. The fourth-order valence-electron chi connectivity index (χ4n) is 2.89. The molecule has 1 saturated heterocycles. The normalized spacial score (nSPS) is 14.9. The van der Waals surface area contributed by atoms with E-state index < -0.39 is 4.92 Å². The number of nitro groups is 1. The Bertz CT molecular complexity index is 772. The number of hydrogen-bond acceptors (Lipinski definition) is 5. The standard InChI is InChI=1S/C18H19IN4O3/c19-14-1-3-15(4-2-14)20-18(24)13-21-9-11-22(12-10-21)16-5-7-17(8-6-16)23(25)26/h1-8H,9-13H2,(H,20,24). The zero-order valence-electron chi connectivity index (χ0n) is 14.1. The van der Waals surface area contributed by atoms with Crippen molar-refractivity contribution in [1.82, 2.24) is 4.90 Å². The fraction of sp³-hybridized carbons (Fsp3) is 0.278. The van der Waals surface area contributed by atoms with Crippen LogP contribution in [0.1, 0.15) is 0 Å². The van der Waals surface area contributed by atoms with E-state index in [1.54, 1.807) is 12.1 Å². The molecule has 0 unspecified atom stereocenters. The molecule has 0 bridgehead atoms. The summed E-state index contributed by atoms with van der Waals surface area (Å²) in [6, 6.07) is 14.3. The lowest BCUT2D eigenvalue weighted by Crippen LogP contribution is -2.48. The lowest BCUT2D eigenvalue weighted by Gasteiger charge is -2.35. The molecule has 2 aromatic carbocycles. The maximum absolute atomic E-state index is 12.2. The van der Waals surface area contributed by atoms with Gasteiger partial charge in [0.15, 0.2) is 0 Å². The summed E-state index contributed by atoms with van der Waals surface area (Å²) in [6.45, 7) is 3.48. The average Bonchev–Trinajstić information content (AvgIpc) is 2.64. The number of carbonyl (C=O) groups excluding carboxylic acids is 1. The minimum absolute atomic E-state index is 0.0185. The van der Waals surface area contributed by atoms with Gasteiger partial charge in [0.05, 0.1) is 11.5 Å².